The number of methoxy groups -OCH3 is 1. The molecule has 4 heteroatoms. The number of hydrogen-bond acceptors (Lipinski definition) is 3. The molecule has 21 heavy (non-hydrogen) atoms. The van der Waals surface area contributed by atoms with E-state index in [1.807, 2.05) is 44.3 Å². The zero-order valence-corrected chi connectivity index (χ0v) is 12.5. The first-order valence-electron chi connectivity index (χ1n) is 6.69. The second-order valence-electron chi connectivity index (χ2n) is 5.01. The van der Waals surface area contributed by atoms with E-state index in [-0.39, 0.29) is 0 Å². The van der Waals surface area contributed by atoms with Gasteiger partial charge in [-0.2, -0.15) is 0 Å². The molecule has 0 aromatic heterocycles. The van der Waals surface area contributed by atoms with Gasteiger partial charge in [0, 0.05) is 19.3 Å². The number of aromatic carboxylic acids is 1. The Bertz CT molecular complexity index is 635. The minimum atomic E-state index is -0.901. The summed E-state index contributed by atoms with van der Waals surface area (Å²) in [6, 6.07) is 13.1. The summed E-state index contributed by atoms with van der Waals surface area (Å²) in [5.74, 6) is -0.0640. The van der Waals surface area contributed by atoms with Crippen molar-refractivity contribution in [2.75, 3.05) is 19.1 Å². The lowest BCUT2D eigenvalue weighted by molar-refractivity contribution is 0.0697. The van der Waals surface area contributed by atoms with Crippen molar-refractivity contribution in [3.05, 3.63) is 59.2 Å². The number of aryl methyl sites for hydroxylation is 1. The number of hydrogen-bond donors (Lipinski definition) is 1. The van der Waals surface area contributed by atoms with Gasteiger partial charge in [0.05, 0.1) is 12.7 Å². The molecule has 0 aliphatic heterocycles. The second-order valence-corrected chi connectivity index (χ2v) is 5.01. The van der Waals surface area contributed by atoms with Crippen LogP contribution in [0, 0.1) is 6.92 Å². The van der Waals surface area contributed by atoms with Gasteiger partial charge in [-0.1, -0.05) is 12.1 Å². The Morgan fingerprint density at radius 3 is 2.38 bits per heavy atom. The molecule has 0 radical (unpaired) electrons. The maximum Gasteiger partial charge on any atom is 0.335 e. The van der Waals surface area contributed by atoms with Crippen LogP contribution in [0.2, 0.25) is 0 Å². The predicted octanol–water partition coefficient (Wildman–Crippen LogP) is 3.34. The van der Waals surface area contributed by atoms with Crippen LogP contribution in [0.25, 0.3) is 0 Å². The van der Waals surface area contributed by atoms with E-state index in [0.29, 0.717) is 5.56 Å². The molecule has 4 nitrogen and oxygen atoms in total. The fourth-order valence-electron chi connectivity index (χ4n) is 2.31. The minimum Gasteiger partial charge on any atom is -0.497 e. The highest BCUT2D eigenvalue weighted by Gasteiger charge is 2.09. The minimum absolute atomic E-state index is 0.314. The molecule has 110 valence electrons. The number of rotatable bonds is 5. The summed E-state index contributed by atoms with van der Waals surface area (Å²) in [4.78, 5) is 13.1. The Kier molecular flexibility index (Phi) is 4.48. The highest BCUT2D eigenvalue weighted by molar-refractivity contribution is 5.88. The van der Waals surface area contributed by atoms with Crippen molar-refractivity contribution >= 4 is 11.7 Å². The van der Waals surface area contributed by atoms with Crippen LogP contribution in [-0.2, 0) is 6.54 Å². The lowest BCUT2D eigenvalue weighted by Gasteiger charge is -2.22. The lowest BCUT2D eigenvalue weighted by Crippen LogP contribution is -2.17. The zero-order valence-electron chi connectivity index (χ0n) is 12.5. The summed E-state index contributed by atoms with van der Waals surface area (Å²) in [5, 5.41) is 9.00. The molecule has 0 aliphatic carbocycles. The average Bonchev–Trinajstić information content (AvgIpc) is 2.47. The predicted molar refractivity (Wildman–Crippen MR) is 83.2 cm³/mol. The van der Waals surface area contributed by atoms with E-state index in [4.69, 9.17) is 9.84 Å². The molecule has 0 unspecified atom stereocenters. The van der Waals surface area contributed by atoms with Crippen LogP contribution < -0.4 is 9.64 Å². The van der Waals surface area contributed by atoms with E-state index in [9.17, 15) is 4.79 Å². The van der Waals surface area contributed by atoms with Crippen LogP contribution in [0.3, 0.4) is 0 Å². The second kappa shape index (κ2) is 6.31. The van der Waals surface area contributed by atoms with Crippen molar-refractivity contribution < 1.29 is 14.6 Å². The molecule has 1 N–H and O–H groups in total. The molecule has 0 saturated heterocycles. The molecule has 0 aliphatic rings. The fraction of sp³-hybridized carbons (Fsp3) is 0.235. The molecule has 0 saturated carbocycles. The van der Waals surface area contributed by atoms with E-state index in [1.165, 1.54) is 5.56 Å². The molecular weight excluding hydrogens is 266 g/mol. The number of ether oxygens (including phenoxy) is 1. The van der Waals surface area contributed by atoms with Gasteiger partial charge in [0.25, 0.3) is 0 Å². The van der Waals surface area contributed by atoms with Crippen molar-refractivity contribution in [1.29, 1.82) is 0 Å². The summed E-state index contributed by atoms with van der Waals surface area (Å²) in [6.45, 7) is 2.67. The van der Waals surface area contributed by atoms with Crippen LogP contribution >= 0.6 is 0 Å². The molecule has 0 bridgehead atoms. The van der Waals surface area contributed by atoms with Gasteiger partial charge in [-0.3, -0.25) is 0 Å². The number of benzene rings is 2. The van der Waals surface area contributed by atoms with Crippen LogP contribution in [0.4, 0.5) is 5.69 Å². The number of carbonyl (C=O) groups is 1. The van der Waals surface area contributed by atoms with Crippen LogP contribution in [0.1, 0.15) is 21.5 Å². The van der Waals surface area contributed by atoms with E-state index in [0.717, 1.165) is 23.5 Å². The normalized spacial score (nSPS) is 10.2. The summed E-state index contributed by atoms with van der Waals surface area (Å²) in [6.07, 6.45) is 0. The smallest absolute Gasteiger partial charge is 0.335 e. The third-order valence-electron chi connectivity index (χ3n) is 3.43. The largest absolute Gasteiger partial charge is 0.497 e. The maximum atomic E-state index is 11.0. The van der Waals surface area contributed by atoms with Crippen molar-refractivity contribution in [3.8, 4) is 5.75 Å². The number of nitrogens with zero attached hydrogens (tertiary/aromatic N) is 1. The third kappa shape index (κ3) is 3.54. The molecule has 0 amide bonds. The Morgan fingerprint density at radius 2 is 1.86 bits per heavy atom. The van der Waals surface area contributed by atoms with Gasteiger partial charge in [0.1, 0.15) is 5.75 Å². The zero-order chi connectivity index (χ0) is 15.4. The Morgan fingerprint density at radius 1 is 1.19 bits per heavy atom. The molecule has 2 rings (SSSR count). The summed E-state index contributed by atoms with van der Waals surface area (Å²) in [7, 11) is 3.64. The van der Waals surface area contributed by atoms with Gasteiger partial charge in [-0.15, -0.1) is 0 Å². The molecule has 0 spiro atoms. The molecule has 0 heterocycles. The Labute approximate surface area is 124 Å². The Hall–Kier alpha value is -2.49. The lowest BCUT2D eigenvalue weighted by atomic mass is 10.1. The molecular formula is C17H19NO3. The molecule has 0 atom stereocenters. The van der Waals surface area contributed by atoms with Crippen molar-refractivity contribution in [3.63, 3.8) is 0 Å². The van der Waals surface area contributed by atoms with Crippen LogP contribution in [-0.4, -0.2) is 25.2 Å². The first-order chi connectivity index (χ1) is 10.0. The van der Waals surface area contributed by atoms with Gasteiger partial charge < -0.3 is 14.7 Å². The summed E-state index contributed by atoms with van der Waals surface area (Å²) < 4.78 is 5.14. The summed E-state index contributed by atoms with van der Waals surface area (Å²) in [5.41, 5.74) is 3.45. The number of carboxylic acid groups (broad SMARTS) is 1. The summed E-state index contributed by atoms with van der Waals surface area (Å²) >= 11 is 0. The standard InChI is InChI=1S/C17H19NO3/c1-12-10-14(17(19)20)6-9-16(12)18(2)11-13-4-7-15(21-3)8-5-13/h4-10H,11H2,1-3H3,(H,19,20). The monoisotopic (exact) mass is 285 g/mol. The van der Waals surface area contributed by atoms with Crippen molar-refractivity contribution in [2.24, 2.45) is 0 Å². The fourth-order valence-corrected chi connectivity index (χ4v) is 2.31. The molecule has 2 aromatic rings. The van der Waals surface area contributed by atoms with Gasteiger partial charge in [0.2, 0.25) is 0 Å². The Balaban J connectivity index is 2.15. The topological polar surface area (TPSA) is 49.8 Å². The van der Waals surface area contributed by atoms with E-state index in [2.05, 4.69) is 4.90 Å². The average molecular weight is 285 g/mol. The quantitative estimate of drug-likeness (QED) is 0.915. The first-order valence-corrected chi connectivity index (χ1v) is 6.69. The van der Waals surface area contributed by atoms with Gasteiger partial charge >= 0.3 is 5.97 Å². The van der Waals surface area contributed by atoms with Gasteiger partial charge in [-0.05, 0) is 48.4 Å². The van der Waals surface area contributed by atoms with E-state index >= 15 is 0 Å². The first kappa shape index (κ1) is 14.9. The van der Waals surface area contributed by atoms with Crippen LogP contribution in [0.15, 0.2) is 42.5 Å². The van der Waals surface area contributed by atoms with E-state index in [1.54, 1.807) is 19.2 Å². The highest BCUT2D eigenvalue weighted by Crippen LogP contribution is 2.22. The molecule has 0 fully saturated rings. The third-order valence-corrected chi connectivity index (χ3v) is 3.43. The van der Waals surface area contributed by atoms with Crippen molar-refractivity contribution in [2.45, 2.75) is 13.5 Å². The maximum absolute atomic E-state index is 11.0. The van der Waals surface area contributed by atoms with Gasteiger partial charge in [0.15, 0.2) is 0 Å². The molecule has 2 aromatic carbocycles. The van der Waals surface area contributed by atoms with Crippen LogP contribution in [0.5, 0.6) is 5.75 Å². The highest BCUT2D eigenvalue weighted by atomic mass is 16.5. The number of carboxylic acids is 1. The number of anilines is 1. The van der Waals surface area contributed by atoms with Crippen molar-refractivity contribution in [1.82, 2.24) is 0 Å². The SMILES string of the molecule is COc1ccc(CN(C)c2ccc(C(=O)O)cc2C)cc1. The van der Waals surface area contributed by atoms with Gasteiger partial charge in [-0.25, -0.2) is 4.79 Å². The van der Waals surface area contributed by atoms with E-state index < -0.39 is 5.97 Å².